The maximum absolute atomic E-state index is 13.0. The number of primary amides is 1. The molecule has 19 heavy (non-hydrogen) atoms. The van der Waals surface area contributed by atoms with Crippen LogP contribution >= 0.6 is 0 Å². The molecule has 0 aromatic carbocycles. The Morgan fingerprint density at radius 2 is 1.53 bits per heavy atom. The standard InChI is InChI=1S/C15H23N2O2/c16-13(18)12-11-14(7-3-1-4-8-14)17(19)15(12)9-5-2-6-10-15/h11H,1-10H2,(H2,16,18). The molecule has 1 amide bonds. The second-order valence-electron chi connectivity index (χ2n) is 6.47. The van der Waals surface area contributed by atoms with Gasteiger partial charge in [0.05, 0.1) is 11.1 Å². The highest BCUT2D eigenvalue weighted by Gasteiger charge is 2.57. The predicted molar refractivity (Wildman–Crippen MR) is 71.4 cm³/mol. The van der Waals surface area contributed by atoms with Crippen molar-refractivity contribution in [3.05, 3.63) is 11.6 Å². The van der Waals surface area contributed by atoms with Crippen LogP contribution in [0.2, 0.25) is 0 Å². The van der Waals surface area contributed by atoms with E-state index in [1.807, 2.05) is 6.08 Å². The Bertz CT molecular complexity index is 404. The number of nitrogens with zero attached hydrogens (tertiary/aromatic N) is 1. The molecule has 3 aliphatic rings. The molecule has 0 aromatic rings. The molecule has 1 heterocycles. The number of rotatable bonds is 1. The fourth-order valence-corrected chi connectivity index (χ4v) is 4.42. The Hall–Kier alpha value is -0.870. The molecule has 3 rings (SSSR count). The fraction of sp³-hybridized carbons (Fsp3) is 0.800. The number of carbonyl (C=O) groups is 1. The van der Waals surface area contributed by atoms with Gasteiger partial charge in [0.25, 0.3) is 0 Å². The van der Waals surface area contributed by atoms with E-state index in [0.717, 1.165) is 57.8 Å². The van der Waals surface area contributed by atoms with E-state index < -0.39 is 11.1 Å². The molecule has 0 unspecified atom stereocenters. The molecule has 1 radical (unpaired) electrons. The molecule has 2 N–H and O–H groups in total. The third-order valence-electron chi connectivity index (χ3n) is 5.37. The van der Waals surface area contributed by atoms with E-state index in [4.69, 9.17) is 5.73 Å². The molecule has 2 spiro atoms. The Kier molecular flexibility index (Phi) is 3.18. The lowest BCUT2D eigenvalue weighted by atomic mass is 9.77. The van der Waals surface area contributed by atoms with Crippen molar-refractivity contribution in [2.45, 2.75) is 75.3 Å². The predicted octanol–water partition coefficient (Wildman–Crippen LogP) is 2.47. The van der Waals surface area contributed by atoms with Crippen LogP contribution in [0.4, 0.5) is 0 Å². The minimum atomic E-state index is -0.596. The molecule has 0 atom stereocenters. The summed E-state index contributed by atoms with van der Waals surface area (Å²) in [7, 11) is 0. The largest absolute Gasteiger partial charge is 0.366 e. The maximum atomic E-state index is 13.0. The summed E-state index contributed by atoms with van der Waals surface area (Å²) in [5.74, 6) is -0.384. The van der Waals surface area contributed by atoms with E-state index >= 15 is 0 Å². The van der Waals surface area contributed by atoms with Crippen molar-refractivity contribution in [1.82, 2.24) is 5.06 Å². The highest BCUT2D eigenvalue weighted by Crippen LogP contribution is 2.52. The van der Waals surface area contributed by atoms with Gasteiger partial charge in [0.2, 0.25) is 5.91 Å². The van der Waals surface area contributed by atoms with Gasteiger partial charge < -0.3 is 5.73 Å². The summed E-state index contributed by atoms with van der Waals surface area (Å²) < 4.78 is 0. The first-order valence-corrected chi connectivity index (χ1v) is 7.61. The van der Waals surface area contributed by atoms with Gasteiger partial charge in [-0.15, -0.1) is 10.3 Å². The molecule has 0 bridgehead atoms. The zero-order chi connectivity index (χ0) is 13.5. The van der Waals surface area contributed by atoms with Crippen molar-refractivity contribution in [2.75, 3.05) is 0 Å². The lowest BCUT2D eigenvalue weighted by Gasteiger charge is -2.45. The highest BCUT2D eigenvalue weighted by atomic mass is 16.5. The van der Waals surface area contributed by atoms with Crippen LogP contribution in [0.3, 0.4) is 0 Å². The molecule has 105 valence electrons. The van der Waals surface area contributed by atoms with Gasteiger partial charge in [0.1, 0.15) is 0 Å². The average Bonchev–Trinajstić information content (AvgIpc) is 2.65. The van der Waals surface area contributed by atoms with Crippen LogP contribution < -0.4 is 5.73 Å². The zero-order valence-corrected chi connectivity index (χ0v) is 11.5. The van der Waals surface area contributed by atoms with E-state index in [9.17, 15) is 10.0 Å². The number of hydrogen-bond acceptors (Lipinski definition) is 2. The molecule has 4 heteroatoms. The molecule has 1 aliphatic heterocycles. The van der Waals surface area contributed by atoms with Crippen LogP contribution in [0.1, 0.15) is 64.2 Å². The summed E-state index contributed by atoms with van der Waals surface area (Å²) in [4.78, 5) is 11.8. The van der Waals surface area contributed by atoms with Gasteiger partial charge in [0, 0.05) is 5.57 Å². The molecular formula is C15H23N2O2. The van der Waals surface area contributed by atoms with Gasteiger partial charge in [-0.05, 0) is 25.7 Å². The number of nitrogens with two attached hydrogens (primary N) is 1. The highest BCUT2D eigenvalue weighted by molar-refractivity contribution is 5.95. The smallest absolute Gasteiger partial charge is 0.246 e. The summed E-state index contributed by atoms with van der Waals surface area (Å²) >= 11 is 0. The molecular weight excluding hydrogens is 240 g/mol. The lowest BCUT2D eigenvalue weighted by molar-refractivity contribution is -0.267. The topological polar surface area (TPSA) is 66.2 Å². The first-order chi connectivity index (χ1) is 9.11. The van der Waals surface area contributed by atoms with Crippen LogP contribution in [-0.4, -0.2) is 22.0 Å². The van der Waals surface area contributed by atoms with Crippen molar-refractivity contribution in [2.24, 2.45) is 5.73 Å². The first kappa shape index (κ1) is 13.1. The number of hydrogen-bond donors (Lipinski definition) is 1. The van der Waals surface area contributed by atoms with Crippen molar-refractivity contribution in [3.8, 4) is 0 Å². The Morgan fingerprint density at radius 3 is 2.05 bits per heavy atom. The minimum Gasteiger partial charge on any atom is -0.366 e. The second-order valence-corrected chi connectivity index (χ2v) is 6.47. The first-order valence-electron chi connectivity index (χ1n) is 7.61. The van der Waals surface area contributed by atoms with Gasteiger partial charge >= 0.3 is 0 Å². The summed E-state index contributed by atoms with van der Waals surface area (Å²) in [5.41, 5.74) is 5.17. The van der Waals surface area contributed by atoms with Crippen molar-refractivity contribution in [1.29, 1.82) is 0 Å². The number of carbonyl (C=O) groups excluding carboxylic acids is 1. The monoisotopic (exact) mass is 263 g/mol. The summed E-state index contributed by atoms with van der Waals surface area (Å²) in [5, 5.41) is 14.3. The Labute approximate surface area is 114 Å². The quantitative estimate of drug-likeness (QED) is 0.789. The van der Waals surface area contributed by atoms with Crippen molar-refractivity contribution < 1.29 is 10.0 Å². The number of amides is 1. The lowest BCUT2D eigenvalue weighted by Crippen LogP contribution is -2.55. The van der Waals surface area contributed by atoms with Crippen LogP contribution in [0.5, 0.6) is 0 Å². The van der Waals surface area contributed by atoms with E-state index in [1.165, 1.54) is 11.5 Å². The van der Waals surface area contributed by atoms with Gasteiger partial charge in [-0.2, -0.15) is 0 Å². The van der Waals surface area contributed by atoms with E-state index in [-0.39, 0.29) is 5.91 Å². The zero-order valence-electron chi connectivity index (χ0n) is 11.5. The van der Waals surface area contributed by atoms with Crippen LogP contribution in [0.25, 0.3) is 0 Å². The van der Waals surface area contributed by atoms with Gasteiger partial charge in [-0.25, -0.2) is 0 Å². The van der Waals surface area contributed by atoms with Crippen LogP contribution in [0, 0.1) is 0 Å². The third kappa shape index (κ3) is 1.84. The Morgan fingerprint density at radius 1 is 1.00 bits per heavy atom. The van der Waals surface area contributed by atoms with Gasteiger partial charge in [-0.1, -0.05) is 44.6 Å². The maximum Gasteiger partial charge on any atom is 0.246 e. The fourth-order valence-electron chi connectivity index (χ4n) is 4.42. The Balaban J connectivity index is 2.00. The summed E-state index contributed by atoms with van der Waals surface area (Å²) in [6.45, 7) is 0. The number of hydroxylamine groups is 2. The molecule has 2 saturated carbocycles. The van der Waals surface area contributed by atoms with Crippen molar-refractivity contribution in [3.63, 3.8) is 0 Å². The van der Waals surface area contributed by atoms with Crippen LogP contribution in [-0.2, 0) is 10.0 Å². The van der Waals surface area contributed by atoms with E-state index in [1.54, 1.807) is 0 Å². The van der Waals surface area contributed by atoms with E-state index in [2.05, 4.69) is 0 Å². The van der Waals surface area contributed by atoms with Crippen molar-refractivity contribution >= 4 is 5.91 Å². The SMILES string of the molecule is NC(=O)C1=CC2(CCCCC2)N([O])C12CCCCC2. The van der Waals surface area contributed by atoms with Crippen LogP contribution in [0.15, 0.2) is 11.6 Å². The minimum absolute atomic E-state index is 0.384. The average molecular weight is 263 g/mol. The molecule has 0 aromatic heterocycles. The molecule has 2 fully saturated rings. The molecule has 2 aliphatic carbocycles. The molecule has 4 nitrogen and oxygen atoms in total. The van der Waals surface area contributed by atoms with Gasteiger partial charge in [0.15, 0.2) is 0 Å². The van der Waals surface area contributed by atoms with Gasteiger partial charge in [-0.3, -0.25) is 4.79 Å². The second kappa shape index (κ2) is 4.60. The van der Waals surface area contributed by atoms with E-state index in [0.29, 0.717) is 5.57 Å². The normalized spacial score (nSPS) is 29.6. The summed E-state index contributed by atoms with van der Waals surface area (Å²) in [6, 6.07) is 0. The summed E-state index contributed by atoms with van der Waals surface area (Å²) in [6.07, 6.45) is 11.9. The third-order valence-corrected chi connectivity index (χ3v) is 5.37. The molecule has 0 saturated heterocycles.